The molecule has 0 saturated heterocycles. The molecule has 0 spiro atoms. The van der Waals surface area contributed by atoms with Gasteiger partial charge in [0.15, 0.2) is 11.0 Å². The summed E-state index contributed by atoms with van der Waals surface area (Å²) < 4.78 is 7.29. The van der Waals surface area contributed by atoms with E-state index in [0.29, 0.717) is 16.7 Å². The van der Waals surface area contributed by atoms with E-state index in [0.717, 1.165) is 49.2 Å². The van der Waals surface area contributed by atoms with Gasteiger partial charge in [-0.05, 0) is 68.5 Å². The van der Waals surface area contributed by atoms with Gasteiger partial charge in [0.2, 0.25) is 5.91 Å². The molecule has 0 fully saturated rings. The van der Waals surface area contributed by atoms with Gasteiger partial charge in [-0.2, -0.15) is 0 Å². The summed E-state index contributed by atoms with van der Waals surface area (Å²) in [5.74, 6) is 1.91. The summed E-state index contributed by atoms with van der Waals surface area (Å²) in [6.45, 7) is 2.86. The summed E-state index contributed by atoms with van der Waals surface area (Å²) in [6.07, 6.45) is 11.0. The van der Waals surface area contributed by atoms with Crippen LogP contribution in [0.25, 0.3) is 17.1 Å². The summed E-state index contributed by atoms with van der Waals surface area (Å²) in [5.41, 5.74) is 2.98. The van der Waals surface area contributed by atoms with Crippen LogP contribution in [0.5, 0.6) is 5.75 Å². The first kappa shape index (κ1) is 23.0. The van der Waals surface area contributed by atoms with Crippen molar-refractivity contribution in [1.82, 2.24) is 24.6 Å². The third kappa shape index (κ3) is 5.45. The van der Waals surface area contributed by atoms with Gasteiger partial charge in [-0.3, -0.25) is 14.3 Å². The number of nitrogens with zero attached hydrogens (tertiary/aromatic N) is 5. The van der Waals surface area contributed by atoms with E-state index < -0.39 is 0 Å². The average molecular weight is 464 g/mol. The highest BCUT2D eigenvalue weighted by Gasteiger charge is 2.22. The molecule has 0 aliphatic heterocycles. The number of amides is 1. The fourth-order valence-corrected chi connectivity index (χ4v) is 4.77. The predicted octanol–water partition coefficient (Wildman–Crippen LogP) is 5.13. The van der Waals surface area contributed by atoms with E-state index in [1.165, 1.54) is 23.9 Å². The zero-order valence-corrected chi connectivity index (χ0v) is 19.9. The lowest BCUT2D eigenvalue weighted by Gasteiger charge is -2.27. The lowest BCUT2D eigenvalue weighted by molar-refractivity contribution is -0.126. The number of thioether (sulfide) groups is 1. The second kappa shape index (κ2) is 11.1. The van der Waals surface area contributed by atoms with E-state index in [2.05, 4.69) is 28.2 Å². The summed E-state index contributed by atoms with van der Waals surface area (Å²) in [4.78, 5) is 19.3. The molecular formula is C25H29N5O2S. The van der Waals surface area contributed by atoms with Crippen LogP contribution >= 0.6 is 11.8 Å². The van der Waals surface area contributed by atoms with Gasteiger partial charge in [0.1, 0.15) is 5.75 Å². The molecule has 4 rings (SSSR count). The molecule has 3 aromatic rings. The second-order valence-corrected chi connectivity index (χ2v) is 8.79. The molecule has 0 unspecified atom stereocenters. The first-order valence-corrected chi connectivity index (χ1v) is 12.3. The molecule has 1 aliphatic carbocycles. The van der Waals surface area contributed by atoms with E-state index in [-0.39, 0.29) is 5.91 Å². The Labute approximate surface area is 198 Å². The van der Waals surface area contributed by atoms with Gasteiger partial charge in [-0.1, -0.05) is 24.8 Å². The normalized spacial score (nSPS) is 13.5. The molecule has 1 aromatic carbocycles. The van der Waals surface area contributed by atoms with E-state index in [1.54, 1.807) is 19.5 Å². The Balaban J connectivity index is 1.61. The molecule has 0 atom stereocenters. The van der Waals surface area contributed by atoms with Crippen LogP contribution in [0.15, 0.2) is 65.7 Å². The van der Waals surface area contributed by atoms with E-state index >= 15 is 0 Å². The summed E-state index contributed by atoms with van der Waals surface area (Å²) in [6, 6.07) is 11.6. The first-order valence-electron chi connectivity index (χ1n) is 11.3. The minimum absolute atomic E-state index is 0.116. The molecule has 1 aliphatic rings. The van der Waals surface area contributed by atoms with E-state index in [9.17, 15) is 4.79 Å². The summed E-state index contributed by atoms with van der Waals surface area (Å²) >= 11 is 1.42. The molecule has 2 heterocycles. The van der Waals surface area contributed by atoms with Crippen molar-refractivity contribution in [2.75, 3.05) is 19.4 Å². The molecule has 8 heteroatoms. The van der Waals surface area contributed by atoms with Gasteiger partial charge in [0.05, 0.1) is 12.9 Å². The standard InChI is InChI=1S/C25H29N5O2S/c1-3-17-29(20-7-5-4-6-8-20)23(31)18-33-25-28-27-24(19-13-15-26-16-14-19)30(25)21-9-11-22(32-2)12-10-21/h7,9-16H,3-6,8,17-18H2,1-2H3. The minimum Gasteiger partial charge on any atom is -0.497 e. The Morgan fingerprint density at radius 1 is 1.12 bits per heavy atom. The molecule has 0 bridgehead atoms. The number of carbonyl (C=O) groups excluding carboxylic acids is 1. The number of pyridine rings is 1. The lowest BCUT2D eigenvalue weighted by atomic mass is 10.0. The third-order valence-electron chi connectivity index (χ3n) is 5.59. The third-order valence-corrected chi connectivity index (χ3v) is 6.50. The van der Waals surface area contributed by atoms with Crippen LogP contribution in [0.3, 0.4) is 0 Å². The zero-order chi connectivity index (χ0) is 23.0. The number of benzene rings is 1. The molecule has 0 radical (unpaired) electrons. The van der Waals surface area contributed by atoms with Crippen LogP contribution in [0.1, 0.15) is 39.0 Å². The number of ether oxygens (including phenoxy) is 1. The van der Waals surface area contributed by atoms with Crippen molar-refractivity contribution in [3.63, 3.8) is 0 Å². The van der Waals surface area contributed by atoms with Crippen LogP contribution in [0.2, 0.25) is 0 Å². The number of hydrogen-bond donors (Lipinski definition) is 0. The molecule has 7 nitrogen and oxygen atoms in total. The molecule has 0 saturated carbocycles. The topological polar surface area (TPSA) is 73.1 Å². The number of rotatable bonds is 9. The number of allylic oxidation sites excluding steroid dienone is 2. The maximum atomic E-state index is 13.2. The van der Waals surface area contributed by atoms with Gasteiger partial charge < -0.3 is 9.64 Å². The van der Waals surface area contributed by atoms with Gasteiger partial charge in [-0.15, -0.1) is 10.2 Å². The highest BCUT2D eigenvalue weighted by atomic mass is 32.2. The van der Waals surface area contributed by atoms with Gasteiger partial charge in [0.25, 0.3) is 0 Å². The molecule has 1 amide bonds. The first-order chi connectivity index (χ1) is 16.2. The monoisotopic (exact) mass is 463 g/mol. The van der Waals surface area contributed by atoms with Crippen LogP contribution < -0.4 is 4.74 Å². The van der Waals surface area contributed by atoms with Crippen molar-refractivity contribution in [1.29, 1.82) is 0 Å². The summed E-state index contributed by atoms with van der Waals surface area (Å²) in [5, 5.41) is 9.57. The van der Waals surface area contributed by atoms with Crippen molar-refractivity contribution >= 4 is 17.7 Å². The Kier molecular flexibility index (Phi) is 7.78. The number of methoxy groups -OCH3 is 1. The average Bonchev–Trinajstić information content (AvgIpc) is 3.31. The number of hydrogen-bond acceptors (Lipinski definition) is 6. The smallest absolute Gasteiger partial charge is 0.237 e. The zero-order valence-electron chi connectivity index (χ0n) is 19.1. The molecule has 0 N–H and O–H groups in total. The van der Waals surface area contributed by atoms with E-state index in [4.69, 9.17) is 4.74 Å². The molecule has 2 aromatic heterocycles. The lowest BCUT2D eigenvalue weighted by Crippen LogP contribution is -2.33. The second-order valence-electron chi connectivity index (χ2n) is 7.85. The molecule has 172 valence electrons. The summed E-state index contributed by atoms with van der Waals surface area (Å²) in [7, 11) is 1.65. The highest BCUT2D eigenvalue weighted by molar-refractivity contribution is 7.99. The van der Waals surface area contributed by atoms with Crippen LogP contribution in [0.4, 0.5) is 0 Å². The highest BCUT2D eigenvalue weighted by Crippen LogP contribution is 2.29. The van der Waals surface area contributed by atoms with E-state index in [1.807, 2.05) is 45.9 Å². The fraction of sp³-hybridized carbons (Fsp3) is 0.360. The van der Waals surface area contributed by atoms with Crippen molar-refractivity contribution < 1.29 is 9.53 Å². The van der Waals surface area contributed by atoms with Gasteiger partial charge in [0, 0.05) is 35.9 Å². The maximum Gasteiger partial charge on any atom is 0.237 e. The van der Waals surface area contributed by atoms with Crippen molar-refractivity contribution in [3.05, 3.63) is 60.6 Å². The Morgan fingerprint density at radius 3 is 2.58 bits per heavy atom. The Bertz CT molecular complexity index is 1100. The van der Waals surface area contributed by atoms with Crippen LogP contribution in [0, 0.1) is 0 Å². The Morgan fingerprint density at radius 2 is 1.91 bits per heavy atom. The van der Waals surface area contributed by atoms with Crippen molar-refractivity contribution in [3.8, 4) is 22.8 Å². The molecule has 33 heavy (non-hydrogen) atoms. The predicted molar refractivity (Wildman–Crippen MR) is 130 cm³/mol. The minimum atomic E-state index is 0.116. The quantitative estimate of drug-likeness (QED) is 0.410. The van der Waals surface area contributed by atoms with Crippen LogP contribution in [-0.4, -0.2) is 50.0 Å². The number of aromatic nitrogens is 4. The van der Waals surface area contributed by atoms with Crippen LogP contribution in [-0.2, 0) is 4.79 Å². The fourth-order valence-electron chi connectivity index (χ4n) is 3.94. The maximum absolute atomic E-state index is 13.2. The van der Waals surface area contributed by atoms with Gasteiger partial charge in [-0.25, -0.2) is 0 Å². The van der Waals surface area contributed by atoms with Crippen molar-refractivity contribution in [2.24, 2.45) is 0 Å². The van der Waals surface area contributed by atoms with Gasteiger partial charge >= 0.3 is 0 Å². The molecular weight excluding hydrogens is 434 g/mol. The van der Waals surface area contributed by atoms with Crippen molar-refractivity contribution in [2.45, 2.75) is 44.2 Å². The Hall–Kier alpha value is -3.13. The SMILES string of the molecule is CCCN(C(=O)CSc1nnc(-c2ccncc2)n1-c1ccc(OC)cc1)C1=CCCCC1. The largest absolute Gasteiger partial charge is 0.497 e. The number of carbonyl (C=O) groups is 1.